The zero-order valence-electron chi connectivity index (χ0n) is 12.4. The topological polar surface area (TPSA) is 38.8 Å². The summed E-state index contributed by atoms with van der Waals surface area (Å²) in [5.74, 6) is 0.292. The van der Waals surface area contributed by atoms with E-state index in [1.165, 1.54) is 6.42 Å². The lowest BCUT2D eigenvalue weighted by Crippen LogP contribution is -2.35. The lowest BCUT2D eigenvalue weighted by Gasteiger charge is -2.26. The van der Waals surface area contributed by atoms with Crippen LogP contribution in [0.5, 0.6) is 0 Å². The number of allylic oxidation sites excluding steroid dienone is 4. The molecular formula is C17H23NO3. The maximum absolute atomic E-state index is 12.0. The van der Waals surface area contributed by atoms with Crippen LogP contribution in [0.2, 0.25) is 0 Å². The van der Waals surface area contributed by atoms with E-state index in [1.54, 1.807) is 0 Å². The van der Waals surface area contributed by atoms with Gasteiger partial charge in [0.05, 0.1) is 0 Å². The van der Waals surface area contributed by atoms with Crippen molar-refractivity contribution in [1.82, 2.24) is 4.90 Å². The van der Waals surface area contributed by atoms with E-state index in [9.17, 15) is 4.79 Å². The first-order valence-electron chi connectivity index (χ1n) is 7.90. The lowest BCUT2D eigenvalue weighted by molar-refractivity contribution is -0.131. The van der Waals surface area contributed by atoms with Crippen LogP contribution < -0.4 is 0 Å². The Kier molecular flexibility index (Phi) is 4.88. The smallest absolute Gasteiger partial charge is 0.222 e. The first-order valence-corrected chi connectivity index (χ1v) is 7.90. The summed E-state index contributed by atoms with van der Waals surface area (Å²) >= 11 is 0. The Morgan fingerprint density at radius 3 is 2.90 bits per heavy atom. The Hall–Kier alpha value is -1.39. The van der Waals surface area contributed by atoms with E-state index < -0.39 is 0 Å². The summed E-state index contributed by atoms with van der Waals surface area (Å²) in [4.78, 5) is 14.0. The Morgan fingerprint density at radius 1 is 1.24 bits per heavy atom. The van der Waals surface area contributed by atoms with Gasteiger partial charge in [0.25, 0.3) is 0 Å². The molecule has 0 saturated carbocycles. The minimum absolute atomic E-state index is 0.0460. The number of carbonyl (C=O) groups excluding carboxylic acids is 1. The third-order valence-electron chi connectivity index (χ3n) is 4.22. The van der Waals surface area contributed by atoms with Gasteiger partial charge in [0.1, 0.15) is 19.0 Å². The number of piperidine rings is 1. The van der Waals surface area contributed by atoms with Crippen LogP contribution in [0.3, 0.4) is 0 Å². The van der Waals surface area contributed by atoms with E-state index in [2.05, 4.69) is 24.3 Å². The van der Waals surface area contributed by atoms with E-state index in [0.29, 0.717) is 19.1 Å². The second-order valence-electron chi connectivity index (χ2n) is 5.79. The molecule has 0 aromatic rings. The first-order chi connectivity index (χ1) is 10.3. The molecule has 0 aromatic heterocycles. The predicted molar refractivity (Wildman–Crippen MR) is 80.6 cm³/mol. The first kappa shape index (κ1) is 14.5. The fraction of sp³-hybridized carbons (Fsp3) is 0.588. The number of likely N-dealkylation sites (tertiary alicyclic amines) is 1. The Balaban J connectivity index is 1.42. The highest BCUT2D eigenvalue weighted by Gasteiger charge is 2.27. The lowest BCUT2D eigenvalue weighted by atomic mass is 10.0. The molecule has 0 aromatic carbocycles. The fourth-order valence-electron chi connectivity index (χ4n) is 2.98. The number of nitrogens with zero attached hydrogens (tertiary/aromatic N) is 1. The molecule has 2 atom stereocenters. The molecule has 4 nitrogen and oxygen atoms in total. The van der Waals surface area contributed by atoms with Gasteiger partial charge in [-0.3, -0.25) is 4.79 Å². The van der Waals surface area contributed by atoms with Gasteiger partial charge in [-0.05, 0) is 37.3 Å². The summed E-state index contributed by atoms with van der Waals surface area (Å²) < 4.78 is 10.9. The van der Waals surface area contributed by atoms with Crippen molar-refractivity contribution in [2.24, 2.45) is 0 Å². The van der Waals surface area contributed by atoms with Crippen molar-refractivity contribution in [2.45, 2.75) is 44.3 Å². The molecular weight excluding hydrogens is 266 g/mol. The molecule has 3 aliphatic rings. The largest absolute Gasteiger partial charge is 0.345 e. The quantitative estimate of drug-likeness (QED) is 0.798. The monoisotopic (exact) mass is 289 g/mol. The van der Waals surface area contributed by atoms with Gasteiger partial charge in [0.15, 0.2) is 0 Å². The van der Waals surface area contributed by atoms with Crippen molar-refractivity contribution in [2.75, 3.05) is 19.9 Å². The average Bonchev–Trinajstić information content (AvgIpc) is 3.00. The van der Waals surface area contributed by atoms with Crippen molar-refractivity contribution in [3.05, 3.63) is 36.0 Å². The molecule has 4 heteroatoms. The number of hydrogen-bond acceptors (Lipinski definition) is 3. The van der Waals surface area contributed by atoms with Crippen LogP contribution in [-0.4, -0.2) is 42.9 Å². The van der Waals surface area contributed by atoms with E-state index in [0.717, 1.165) is 37.9 Å². The summed E-state index contributed by atoms with van der Waals surface area (Å²) in [5.41, 5.74) is 1.13. The summed E-state index contributed by atoms with van der Waals surface area (Å²) in [7, 11) is 0. The Morgan fingerprint density at radius 2 is 2.05 bits per heavy atom. The standard InChI is InChI=1S/C17H23NO3/c19-17(18-10-4-1-5-11-18)7-3-2-6-14-8-9-15-16(12-14)21-13-20-15/h2,6,8-9,12,15-16H,1,3-5,7,10-11,13H2/b6-2+. The predicted octanol–water partition coefficient (Wildman–Crippen LogP) is 2.57. The molecule has 2 unspecified atom stereocenters. The molecule has 0 bridgehead atoms. The van der Waals surface area contributed by atoms with Crippen LogP contribution in [0.4, 0.5) is 0 Å². The van der Waals surface area contributed by atoms with Gasteiger partial charge in [-0.2, -0.15) is 0 Å². The average molecular weight is 289 g/mol. The van der Waals surface area contributed by atoms with E-state index in [4.69, 9.17) is 9.47 Å². The Bertz CT molecular complexity index is 461. The minimum Gasteiger partial charge on any atom is -0.345 e. The highest BCUT2D eigenvalue weighted by Crippen LogP contribution is 2.22. The van der Waals surface area contributed by atoms with Crippen molar-refractivity contribution >= 4 is 5.91 Å². The zero-order chi connectivity index (χ0) is 14.5. The normalized spacial score (nSPS) is 28.8. The number of hydrogen-bond donors (Lipinski definition) is 0. The minimum atomic E-state index is 0.0460. The molecule has 2 heterocycles. The molecule has 2 saturated heterocycles. The molecule has 114 valence electrons. The van der Waals surface area contributed by atoms with Crippen LogP contribution in [-0.2, 0) is 14.3 Å². The van der Waals surface area contributed by atoms with Gasteiger partial charge < -0.3 is 14.4 Å². The van der Waals surface area contributed by atoms with Gasteiger partial charge in [0.2, 0.25) is 5.91 Å². The second-order valence-corrected chi connectivity index (χ2v) is 5.79. The molecule has 0 N–H and O–H groups in total. The van der Waals surface area contributed by atoms with Crippen LogP contribution >= 0.6 is 0 Å². The van der Waals surface area contributed by atoms with Crippen molar-refractivity contribution in [3.63, 3.8) is 0 Å². The molecule has 1 amide bonds. The van der Waals surface area contributed by atoms with Gasteiger partial charge >= 0.3 is 0 Å². The maximum Gasteiger partial charge on any atom is 0.222 e. The van der Waals surface area contributed by atoms with Gasteiger partial charge in [-0.25, -0.2) is 0 Å². The summed E-state index contributed by atoms with van der Waals surface area (Å²) in [6.45, 7) is 2.26. The van der Waals surface area contributed by atoms with Crippen molar-refractivity contribution < 1.29 is 14.3 Å². The van der Waals surface area contributed by atoms with Crippen molar-refractivity contribution in [3.8, 4) is 0 Å². The highest BCUT2D eigenvalue weighted by atomic mass is 16.7. The zero-order valence-corrected chi connectivity index (χ0v) is 12.4. The summed E-state index contributed by atoms with van der Waals surface area (Å²) in [5, 5.41) is 0. The fourth-order valence-corrected chi connectivity index (χ4v) is 2.98. The number of amides is 1. The third kappa shape index (κ3) is 3.83. The van der Waals surface area contributed by atoms with E-state index >= 15 is 0 Å². The van der Waals surface area contributed by atoms with Gasteiger partial charge in [-0.15, -0.1) is 0 Å². The molecule has 0 spiro atoms. The highest BCUT2D eigenvalue weighted by molar-refractivity contribution is 5.76. The molecule has 2 fully saturated rings. The maximum atomic E-state index is 12.0. The van der Waals surface area contributed by atoms with Gasteiger partial charge in [0, 0.05) is 19.5 Å². The van der Waals surface area contributed by atoms with Crippen molar-refractivity contribution in [1.29, 1.82) is 0 Å². The molecule has 3 rings (SSSR count). The molecule has 2 aliphatic heterocycles. The Labute approximate surface area is 126 Å². The van der Waals surface area contributed by atoms with E-state index in [1.807, 2.05) is 11.0 Å². The number of carbonyl (C=O) groups is 1. The SMILES string of the molecule is O=C(CC/C=C/C1=CC2OCOC2C=C1)N1CCCCC1. The molecule has 1 aliphatic carbocycles. The second kappa shape index (κ2) is 7.05. The number of ether oxygens (including phenoxy) is 2. The molecule has 21 heavy (non-hydrogen) atoms. The molecule has 0 radical (unpaired) electrons. The third-order valence-corrected chi connectivity index (χ3v) is 4.22. The van der Waals surface area contributed by atoms with Gasteiger partial charge in [-0.1, -0.05) is 24.3 Å². The van der Waals surface area contributed by atoms with Crippen LogP contribution in [0.25, 0.3) is 0 Å². The number of fused-ring (bicyclic) bond motifs is 1. The summed E-state index contributed by atoms with van der Waals surface area (Å²) in [6, 6.07) is 0. The van der Waals surface area contributed by atoms with Crippen LogP contribution in [0, 0.1) is 0 Å². The van der Waals surface area contributed by atoms with E-state index in [-0.39, 0.29) is 12.2 Å². The summed E-state index contributed by atoms with van der Waals surface area (Å²) in [6.07, 6.45) is 15.4. The van der Waals surface area contributed by atoms with Crippen LogP contribution in [0.15, 0.2) is 36.0 Å². The van der Waals surface area contributed by atoms with Crippen LogP contribution in [0.1, 0.15) is 32.1 Å². The number of rotatable bonds is 4.